The second-order valence-corrected chi connectivity index (χ2v) is 7.92. The zero-order valence-corrected chi connectivity index (χ0v) is 16.3. The predicted octanol–water partition coefficient (Wildman–Crippen LogP) is 4.26. The van der Waals surface area contributed by atoms with Gasteiger partial charge in [0.1, 0.15) is 11.3 Å². The minimum atomic E-state index is -0.330. The summed E-state index contributed by atoms with van der Waals surface area (Å²) in [4.78, 5) is 7.03. The van der Waals surface area contributed by atoms with E-state index >= 15 is 0 Å². The van der Waals surface area contributed by atoms with Gasteiger partial charge in [0.15, 0.2) is 0 Å². The SMILES string of the molecule is CC(C)c1nn(-c2noc(C3CCN(C(C)C)CC3)n2)c2c(F)cccc12. The summed E-state index contributed by atoms with van der Waals surface area (Å²) >= 11 is 0. The van der Waals surface area contributed by atoms with E-state index in [9.17, 15) is 4.39 Å². The van der Waals surface area contributed by atoms with Gasteiger partial charge >= 0.3 is 0 Å². The Morgan fingerprint density at radius 3 is 2.56 bits per heavy atom. The molecule has 1 saturated heterocycles. The maximum atomic E-state index is 14.5. The third kappa shape index (κ3) is 3.25. The number of rotatable bonds is 4. The highest BCUT2D eigenvalue weighted by Gasteiger charge is 2.27. The average molecular weight is 371 g/mol. The highest BCUT2D eigenvalue weighted by atomic mass is 19.1. The molecule has 1 aliphatic rings. The zero-order chi connectivity index (χ0) is 19.1. The number of nitrogens with zero attached hydrogens (tertiary/aromatic N) is 5. The molecule has 1 aromatic carbocycles. The van der Waals surface area contributed by atoms with Gasteiger partial charge in [0.2, 0.25) is 5.89 Å². The quantitative estimate of drug-likeness (QED) is 0.686. The Balaban J connectivity index is 1.66. The molecule has 0 bridgehead atoms. The second kappa shape index (κ2) is 7.03. The Kier molecular flexibility index (Phi) is 4.72. The number of likely N-dealkylation sites (tertiary alicyclic amines) is 1. The lowest BCUT2D eigenvalue weighted by molar-refractivity contribution is 0.160. The number of piperidine rings is 1. The molecule has 6 nitrogen and oxygen atoms in total. The Hall–Kier alpha value is -2.28. The van der Waals surface area contributed by atoms with Crippen LogP contribution in [0.5, 0.6) is 0 Å². The minimum absolute atomic E-state index is 0.169. The third-order valence-corrected chi connectivity index (χ3v) is 5.46. The molecule has 0 N–H and O–H groups in total. The van der Waals surface area contributed by atoms with E-state index in [-0.39, 0.29) is 17.7 Å². The molecule has 0 amide bonds. The number of para-hydroxylation sites is 1. The Labute approximate surface area is 158 Å². The van der Waals surface area contributed by atoms with Gasteiger partial charge < -0.3 is 9.42 Å². The first-order valence-corrected chi connectivity index (χ1v) is 9.71. The van der Waals surface area contributed by atoms with Crippen molar-refractivity contribution in [3.05, 3.63) is 35.6 Å². The Morgan fingerprint density at radius 2 is 1.89 bits per heavy atom. The fraction of sp³-hybridized carbons (Fsp3) is 0.550. The fourth-order valence-electron chi connectivity index (χ4n) is 3.86. The topological polar surface area (TPSA) is 60.0 Å². The van der Waals surface area contributed by atoms with Gasteiger partial charge in [-0.25, -0.2) is 4.39 Å². The molecule has 144 valence electrons. The summed E-state index contributed by atoms with van der Waals surface area (Å²) in [6.45, 7) is 10.6. The van der Waals surface area contributed by atoms with Crippen molar-refractivity contribution in [2.45, 2.75) is 58.4 Å². The van der Waals surface area contributed by atoms with E-state index in [1.54, 1.807) is 6.07 Å². The van der Waals surface area contributed by atoms with Crippen LogP contribution in [0.3, 0.4) is 0 Å². The first-order valence-electron chi connectivity index (χ1n) is 9.71. The van der Waals surface area contributed by atoms with E-state index in [1.807, 2.05) is 19.9 Å². The molecule has 1 fully saturated rings. The summed E-state index contributed by atoms with van der Waals surface area (Å²) in [6, 6.07) is 5.59. The van der Waals surface area contributed by atoms with Gasteiger partial charge in [-0.15, -0.1) is 0 Å². The van der Waals surface area contributed by atoms with Crippen LogP contribution in [-0.4, -0.2) is 44.0 Å². The lowest BCUT2D eigenvalue weighted by Gasteiger charge is -2.33. The van der Waals surface area contributed by atoms with E-state index in [0.29, 0.717) is 23.4 Å². The van der Waals surface area contributed by atoms with Gasteiger partial charge in [-0.1, -0.05) is 26.0 Å². The molecule has 4 rings (SSSR count). The van der Waals surface area contributed by atoms with Crippen LogP contribution in [0.1, 0.15) is 64.0 Å². The van der Waals surface area contributed by atoms with Crippen LogP contribution in [0.15, 0.2) is 22.7 Å². The highest BCUT2D eigenvalue weighted by molar-refractivity contribution is 5.84. The molecule has 0 spiro atoms. The number of hydrogen-bond donors (Lipinski definition) is 0. The van der Waals surface area contributed by atoms with Crippen molar-refractivity contribution in [3.63, 3.8) is 0 Å². The summed E-state index contributed by atoms with van der Waals surface area (Å²) in [7, 11) is 0. The summed E-state index contributed by atoms with van der Waals surface area (Å²) < 4.78 is 21.6. The first-order chi connectivity index (χ1) is 13.0. The van der Waals surface area contributed by atoms with Crippen LogP contribution in [0.4, 0.5) is 4.39 Å². The zero-order valence-electron chi connectivity index (χ0n) is 16.3. The van der Waals surface area contributed by atoms with Crippen LogP contribution in [0.2, 0.25) is 0 Å². The van der Waals surface area contributed by atoms with Crippen molar-refractivity contribution in [1.82, 2.24) is 24.8 Å². The Morgan fingerprint density at radius 1 is 1.15 bits per heavy atom. The average Bonchev–Trinajstić information content (AvgIpc) is 3.27. The standard InChI is InChI=1S/C20H26FN5O/c1-12(2)17-15-6-5-7-16(21)18(15)26(23-17)20-22-19(27-24-20)14-8-10-25(11-9-14)13(3)4/h5-7,12-14H,8-11H2,1-4H3. The number of fused-ring (bicyclic) bond motifs is 1. The molecule has 0 saturated carbocycles. The molecule has 0 radical (unpaired) electrons. The van der Waals surface area contributed by atoms with Gasteiger partial charge in [-0.05, 0) is 56.9 Å². The molecule has 7 heteroatoms. The van der Waals surface area contributed by atoms with Gasteiger partial charge in [-0.2, -0.15) is 14.8 Å². The van der Waals surface area contributed by atoms with Gasteiger partial charge in [0.25, 0.3) is 5.95 Å². The second-order valence-electron chi connectivity index (χ2n) is 7.92. The van der Waals surface area contributed by atoms with Gasteiger partial charge in [0.05, 0.1) is 5.69 Å². The highest BCUT2D eigenvalue weighted by Crippen LogP contribution is 2.31. The monoisotopic (exact) mass is 371 g/mol. The van der Waals surface area contributed by atoms with Crippen LogP contribution < -0.4 is 0 Å². The fourth-order valence-corrected chi connectivity index (χ4v) is 3.86. The maximum absolute atomic E-state index is 14.5. The minimum Gasteiger partial charge on any atom is -0.337 e. The number of benzene rings is 1. The molecule has 1 aliphatic heterocycles. The number of hydrogen-bond acceptors (Lipinski definition) is 5. The molecule has 0 unspecified atom stereocenters. The first kappa shape index (κ1) is 18.1. The predicted molar refractivity (Wildman–Crippen MR) is 102 cm³/mol. The largest absolute Gasteiger partial charge is 0.337 e. The van der Waals surface area contributed by atoms with Crippen molar-refractivity contribution in [1.29, 1.82) is 0 Å². The Bertz CT molecular complexity index is 937. The summed E-state index contributed by atoms with van der Waals surface area (Å²) in [6.07, 6.45) is 1.98. The lowest BCUT2D eigenvalue weighted by Crippen LogP contribution is -2.37. The lowest BCUT2D eigenvalue weighted by atomic mass is 9.96. The van der Waals surface area contributed by atoms with Crippen LogP contribution in [-0.2, 0) is 0 Å². The van der Waals surface area contributed by atoms with Crippen LogP contribution in [0, 0.1) is 5.82 Å². The van der Waals surface area contributed by atoms with Crippen molar-refractivity contribution >= 4 is 10.9 Å². The van der Waals surface area contributed by atoms with Crippen LogP contribution in [0.25, 0.3) is 16.9 Å². The summed E-state index contributed by atoms with van der Waals surface area (Å²) in [5, 5.41) is 9.50. The molecular formula is C20H26FN5O. The van der Waals surface area contributed by atoms with Gasteiger partial charge in [0, 0.05) is 17.3 Å². The third-order valence-electron chi connectivity index (χ3n) is 5.46. The van der Waals surface area contributed by atoms with E-state index in [0.717, 1.165) is 37.0 Å². The summed E-state index contributed by atoms with van der Waals surface area (Å²) in [5.41, 5.74) is 1.24. The van der Waals surface area contributed by atoms with E-state index in [1.165, 1.54) is 10.7 Å². The van der Waals surface area contributed by atoms with Crippen LogP contribution >= 0.6 is 0 Å². The van der Waals surface area contributed by atoms with Crippen molar-refractivity contribution in [2.24, 2.45) is 0 Å². The molecule has 0 aliphatic carbocycles. The normalized spacial score (nSPS) is 16.9. The maximum Gasteiger partial charge on any atom is 0.291 e. The molecule has 27 heavy (non-hydrogen) atoms. The molecule has 0 atom stereocenters. The molecule has 3 heterocycles. The van der Waals surface area contributed by atoms with E-state index < -0.39 is 0 Å². The van der Waals surface area contributed by atoms with Crippen molar-refractivity contribution in [2.75, 3.05) is 13.1 Å². The smallest absolute Gasteiger partial charge is 0.291 e. The molecule has 2 aromatic heterocycles. The molecule has 3 aromatic rings. The number of halogens is 1. The van der Waals surface area contributed by atoms with E-state index in [4.69, 9.17) is 4.52 Å². The van der Waals surface area contributed by atoms with E-state index in [2.05, 4.69) is 34.0 Å². The summed E-state index contributed by atoms with van der Waals surface area (Å²) in [5.74, 6) is 1.01. The van der Waals surface area contributed by atoms with Crippen molar-refractivity contribution in [3.8, 4) is 5.95 Å². The van der Waals surface area contributed by atoms with Crippen molar-refractivity contribution < 1.29 is 8.91 Å². The van der Waals surface area contributed by atoms with Gasteiger partial charge in [-0.3, -0.25) is 0 Å². The molecular weight excluding hydrogens is 345 g/mol. The number of aromatic nitrogens is 4.